The van der Waals surface area contributed by atoms with Gasteiger partial charge in [0.15, 0.2) is 11.6 Å². The molecule has 1 fully saturated rings. The van der Waals surface area contributed by atoms with Gasteiger partial charge in [0.25, 0.3) is 5.91 Å². The van der Waals surface area contributed by atoms with Gasteiger partial charge in [0.2, 0.25) is 59.1 Å². The van der Waals surface area contributed by atoms with Crippen molar-refractivity contribution in [2.45, 2.75) is 138 Å². The first-order valence-corrected chi connectivity index (χ1v) is 34.7. The Balaban J connectivity index is 0.924. The van der Waals surface area contributed by atoms with Crippen LogP contribution in [-0.2, 0) is 77.5 Å². The van der Waals surface area contributed by atoms with Gasteiger partial charge in [-0.15, -0.1) is 0 Å². The van der Waals surface area contributed by atoms with E-state index in [0.29, 0.717) is 33.6 Å². The third-order valence-electron chi connectivity index (χ3n) is 18.4. The van der Waals surface area contributed by atoms with E-state index in [1.54, 1.807) is 72.8 Å². The average molecular weight is 1470 g/mol. The van der Waals surface area contributed by atoms with Crippen molar-refractivity contribution in [3.63, 3.8) is 0 Å². The number of rotatable bonds is 36. The summed E-state index contributed by atoms with van der Waals surface area (Å²) < 4.78 is 17.5. The quantitative estimate of drug-likeness (QED) is 0.0114. The summed E-state index contributed by atoms with van der Waals surface area (Å²) in [5, 5.41) is 59.1. The highest BCUT2D eigenvalue weighted by Gasteiger charge is 2.54. The zero-order chi connectivity index (χ0) is 77.1. The van der Waals surface area contributed by atoms with Crippen molar-refractivity contribution in [2.24, 2.45) is 22.9 Å². The van der Waals surface area contributed by atoms with E-state index >= 15 is 0 Å². The Labute approximate surface area is 614 Å². The molecule has 0 unspecified atom stereocenters. The van der Waals surface area contributed by atoms with Crippen LogP contribution in [0.5, 0.6) is 34.5 Å². The highest BCUT2D eigenvalue weighted by Crippen LogP contribution is 2.57. The van der Waals surface area contributed by atoms with Crippen LogP contribution in [0.25, 0.3) is 0 Å². The van der Waals surface area contributed by atoms with Crippen LogP contribution in [0.1, 0.15) is 125 Å². The van der Waals surface area contributed by atoms with Crippen LogP contribution in [0.3, 0.4) is 0 Å². The molecular weight excluding hydrogens is 1380 g/mol. The molecule has 3 heterocycles. The van der Waals surface area contributed by atoms with E-state index < -0.39 is 138 Å². The molecule has 0 aromatic heterocycles. The number of carbonyl (C=O) groups is 12. The second-order valence-corrected chi connectivity index (χ2v) is 26.1. The van der Waals surface area contributed by atoms with Crippen LogP contribution < -0.4 is 74.9 Å². The van der Waals surface area contributed by atoms with Crippen molar-refractivity contribution in [1.82, 2.24) is 47.4 Å². The van der Waals surface area contributed by atoms with Gasteiger partial charge in [0.1, 0.15) is 76.8 Å². The molecule has 3 aliphatic heterocycles. The Morgan fingerprint density at radius 3 is 1.76 bits per heavy atom. The molecule has 3 aliphatic rings. The number of likely N-dealkylation sites (tertiary alicyclic amines) is 1. The number of nitrogens with two attached hydrogens (primary N) is 4. The highest BCUT2D eigenvalue weighted by molar-refractivity contribution is 6.03. The maximum atomic E-state index is 15.0. The van der Waals surface area contributed by atoms with Crippen LogP contribution in [0, 0.1) is 5.41 Å². The van der Waals surface area contributed by atoms with Gasteiger partial charge >= 0.3 is 5.97 Å². The monoisotopic (exact) mass is 1470 g/mol. The summed E-state index contributed by atoms with van der Waals surface area (Å²) in [5.41, 5.74) is 23.8. The maximum absolute atomic E-state index is 15.0. The Kier molecular flexibility index (Phi) is 26.4. The highest BCUT2D eigenvalue weighted by atomic mass is 16.6. The molecule has 32 heteroatoms. The van der Waals surface area contributed by atoms with Gasteiger partial charge in [0, 0.05) is 79.7 Å². The van der Waals surface area contributed by atoms with Crippen LogP contribution in [0.15, 0.2) is 133 Å². The smallest absolute Gasteiger partial charge is 0.340 e. The van der Waals surface area contributed by atoms with E-state index in [-0.39, 0.29) is 136 Å². The number of phenolic OH excluding ortho intramolecular Hbond substituents is 3. The number of esters is 1. The van der Waals surface area contributed by atoms with Crippen LogP contribution in [0.4, 0.5) is 0 Å². The topological polar surface area (TPSA) is 521 Å². The molecule has 0 radical (unpaired) electrons. The SMILES string of the molecule is COc1ccc(C[C@@H](NC(=O)CCc2ccc(O)cc2)C(=O)N[C@@H](Cc2ccccc2)C(=O)N[C@@H](CCC(N)=O)C(=O)N[C@@H](CC(N)=O)C(=O)N[C@@H](CCCCNC(=O)c2ccc3c(c2)C(=O)OC32c3ccc(O)cc3Oc3cc(O)ccc32)C(=O)N2CCC[C@H]2C(=O)N[C@@H](CCCNC(=N)N)C(N)=O)cc1. The molecule has 0 saturated carbocycles. The fourth-order valence-corrected chi connectivity index (χ4v) is 13.0. The third-order valence-corrected chi connectivity index (χ3v) is 18.4. The summed E-state index contributed by atoms with van der Waals surface area (Å²) >= 11 is 0. The van der Waals surface area contributed by atoms with E-state index in [1.807, 2.05) is 0 Å². The molecule has 7 atom stereocenters. The fraction of sp³-hybridized carbons (Fsp3) is 0.347. The average Bonchev–Trinajstić information content (AvgIpc) is 1.60. The van der Waals surface area contributed by atoms with Gasteiger partial charge < -0.3 is 99.9 Å². The number of benzene rings is 6. The van der Waals surface area contributed by atoms with Gasteiger partial charge in [-0.1, -0.05) is 60.7 Å². The van der Waals surface area contributed by atoms with E-state index in [1.165, 1.54) is 72.7 Å². The number of carbonyl (C=O) groups excluding carboxylic acids is 12. The molecule has 20 N–H and O–H groups in total. The minimum atomic E-state index is -1.90. The predicted octanol–water partition coefficient (Wildman–Crippen LogP) is 1.19. The number of ether oxygens (including phenoxy) is 3. The number of primary amides is 3. The van der Waals surface area contributed by atoms with Crippen LogP contribution in [0.2, 0.25) is 0 Å². The lowest BCUT2D eigenvalue weighted by molar-refractivity contribution is -0.142. The molecule has 564 valence electrons. The second-order valence-electron chi connectivity index (χ2n) is 26.1. The number of nitrogens with zero attached hydrogens (tertiary/aromatic N) is 1. The summed E-state index contributed by atoms with van der Waals surface area (Å²) in [5.74, 6) is -10.3. The first-order chi connectivity index (χ1) is 51.2. The Morgan fingerprint density at radius 1 is 0.570 bits per heavy atom. The Bertz CT molecular complexity index is 4280. The minimum Gasteiger partial charge on any atom is -0.508 e. The lowest BCUT2D eigenvalue weighted by Crippen LogP contribution is -2.60. The Hall–Kier alpha value is -12.8. The summed E-state index contributed by atoms with van der Waals surface area (Å²) in [6.45, 7) is 0.0987. The molecule has 11 amide bonds. The lowest BCUT2D eigenvalue weighted by atomic mass is 9.77. The van der Waals surface area contributed by atoms with Gasteiger partial charge in [-0.05, 0) is 135 Å². The van der Waals surface area contributed by atoms with Crippen molar-refractivity contribution in [2.75, 3.05) is 26.7 Å². The number of aromatic hydroxyl groups is 3. The van der Waals surface area contributed by atoms with Gasteiger partial charge in [0.05, 0.1) is 19.1 Å². The standard InChI is InChI=1S/C75H86N14O18/c1-105-48-24-16-43(17-25-48)36-56(83-64(95)31-18-41-14-20-45(90)21-15-41)68(99)87-57(35-42-9-3-2-4-10-42)69(100)85-54(29-30-62(76)93)67(98)88-58(40-63(77)94)70(101)86-55(72(103)89-34-8-13-59(89)71(102)84-53(65(78)96)12-7-33-82-74(79)80)11-5-6-32-81-66(97)44-19-26-50-49(37-44)73(104)107-75(50)51-27-22-46(91)38-60(51)106-61-39-47(92)23-28-52(61)75/h2-4,9-10,14-17,19-28,37-39,53-59,90-92H,5-8,11-13,18,29-36,40H2,1H3,(H2,76,93)(H2,77,94)(H2,78,96)(H,81,97)(H,83,95)(H,84,102)(H,85,100)(H,86,101)(H,87,99)(H,88,98)(H4,79,80,82)/t53-,54-,55-,56+,57-,58-,59-/m0/s1. The number of fused-ring (bicyclic) bond motifs is 6. The van der Waals surface area contributed by atoms with Crippen LogP contribution in [-0.4, -0.2) is 166 Å². The number of nitrogens with one attached hydrogen (secondary N) is 9. The molecule has 32 nitrogen and oxygen atoms in total. The first-order valence-electron chi connectivity index (χ1n) is 34.7. The van der Waals surface area contributed by atoms with Crippen molar-refractivity contribution >= 4 is 76.9 Å². The summed E-state index contributed by atoms with van der Waals surface area (Å²) in [6, 6.07) is 23.9. The number of unbranched alkanes of at least 4 members (excludes halogenated alkanes) is 1. The third kappa shape index (κ3) is 20.6. The lowest BCUT2D eigenvalue weighted by Gasteiger charge is -2.36. The normalized spacial score (nSPS) is 15.2. The molecule has 6 aromatic carbocycles. The van der Waals surface area contributed by atoms with E-state index in [0.717, 1.165) is 5.56 Å². The predicted molar refractivity (Wildman–Crippen MR) is 384 cm³/mol. The number of phenols is 3. The van der Waals surface area contributed by atoms with E-state index in [2.05, 4.69) is 42.5 Å². The zero-order valence-corrected chi connectivity index (χ0v) is 58.5. The van der Waals surface area contributed by atoms with Crippen molar-refractivity contribution < 1.29 is 87.1 Å². The van der Waals surface area contributed by atoms with Crippen molar-refractivity contribution in [3.8, 4) is 34.5 Å². The first kappa shape index (κ1) is 78.4. The zero-order valence-electron chi connectivity index (χ0n) is 58.5. The Morgan fingerprint density at radius 2 is 1.13 bits per heavy atom. The molecular formula is C75H86N14O18. The summed E-state index contributed by atoms with van der Waals surface area (Å²) in [4.78, 5) is 168. The number of guanidine groups is 1. The molecule has 9 rings (SSSR count). The van der Waals surface area contributed by atoms with E-state index in [9.17, 15) is 72.9 Å². The summed E-state index contributed by atoms with van der Waals surface area (Å²) in [7, 11) is 1.48. The number of hydrogen-bond acceptors (Lipinski definition) is 19. The molecule has 0 bridgehead atoms. The molecule has 107 heavy (non-hydrogen) atoms. The number of aryl methyl sites for hydroxylation is 1. The summed E-state index contributed by atoms with van der Waals surface area (Å²) in [6.07, 6.45) is -1.37. The van der Waals surface area contributed by atoms with Gasteiger partial charge in [-0.25, -0.2) is 4.79 Å². The fourth-order valence-electron chi connectivity index (χ4n) is 13.0. The number of methoxy groups -OCH3 is 1. The second kappa shape index (κ2) is 36.1. The van der Waals surface area contributed by atoms with Gasteiger partial charge in [-0.2, -0.15) is 0 Å². The van der Waals surface area contributed by atoms with E-state index in [4.69, 9.17) is 42.6 Å². The molecule has 6 aromatic rings. The molecule has 1 spiro atoms. The van der Waals surface area contributed by atoms with Crippen molar-refractivity contribution in [3.05, 3.63) is 178 Å². The minimum absolute atomic E-state index is 0.0208. The molecule has 0 aliphatic carbocycles. The largest absolute Gasteiger partial charge is 0.508 e. The van der Waals surface area contributed by atoms with Gasteiger partial charge in [-0.3, -0.25) is 58.1 Å². The maximum Gasteiger partial charge on any atom is 0.340 e. The number of hydrogen-bond donors (Lipinski definition) is 16. The van der Waals surface area contributed by atoms with Crippen LogP contribution >= 0.6 is 0 Å². The van der Waals surface area contributed by atoms with Crippen molar-refractivity contribution in [1.29, 1.82) is 5.41 Å². The molecule has 1 saturated heterocycles. The number of amides is 11.